The maximum Gasteiger partial charge on any atom is 0.0360 e. The SMILES string of the molecule is CC1CCC(C)C(CN)(N(C)Cc2cccs2)C1. The van der Waals surface area contributed by atoms with Gasteiger partial charge in [0, 0.05) is 23.5 Å². The van der Waals surface area contributed by atoms with Gasteiger partial charge in [0.1, 0.15) is 0 Å². The molecule has 1 aliphatic rings. The lowest BCUT2D eigenvalue weighted by Crippen LogP contribution is -2.58. The van der Waals surface area contributed by atoms with E-state index in [1.54, 1.807) is 0 Å². The predicted octanol–water partition coefficient (Wildman–Crippen LogP) is 3.33. The maximum atomic E-state index is 6.18. The lowest BCUT2D eigenvalue weighted by molar-refractivity contribution is 0.00966. The summed E-state index contributed by atoms with van der Waals surface area (Å²) in [6.07, 6.45) is 3.91. The van der Waals surface area contributed by atoms with Crippen LogP contribution in [0.25, 0.3) is 0 Å². The first-order valence-corrected chi connectivity index (χ1v) is 7.90. The predicted molar refractivity (Wildman–Crippen MR) is 79.8 cm³/mol. The molecule has 102 valence electrons. The van der Waals surface area contributed by atoms with Crippen molar-refractivity contribution in [3.05, 3.63) is 22.4 Å². The average Bonchev–Trinajstić information content (AvgIpc) is 2.85. The second kappa shape index (κ2) is 5.72. The summed E-state index contributed by atoms with van der Waals surface area (Å²) in [4.78, 5) is 3.95. The van der Waals surface area contributed by atoms with E-state index in [0.29, 0.717) is 5.92 Å². The fraction of sp³-hybridized carbons (Fsp3) is 0.733. The first-order chi connectivity index (χ1) is 8.58. The molecule has 0 aliphatic heterocycles. The summed E-state index contributed by atoms with van der Waals surface area (Å²) in [5, 5.41) is 2.16. The van der Waals surface area contributed by atoms with Crippen molar-refractivity contribution in [3.8, 4) is 0 Å². The number of thiophene rings is 1. The Morgan fingerprint density at radius 2 is 2.22 bits per heavy atom. The third kappa shape index (κ3) is 2.63. The van der Waals surface area contributed by atoms with Gasteiger partial charge in [0.05, 0.1) is 0 Å². The highest BCUT2D eigenvalue weighted by Crippen LogP contribution is 2.40. The van der Waals surface area contributed by atoms with Crippen LogP contribution < -0.4 is 5.73 Å². The molecule has 1 aromatic rings. The van der Waals surface area contributed by atoms with Gasteiger partial charge in [-0.3, -0.25) is 4.90 Å². The van der Waals surface area contributed by atoms with Crippen molar-refractivity contribution in [2.75, 3.05) is 13.6 Å². The third-order valence-electron chi connectivity index (χ3n) is 4.80. The number of hydrogen-bond donors (Lipinski definition) is 1. The van der Waals surface area contributed by atoms with Gasteiger partial charge >= 0.3 is 0 Å². The Morgan fingerprint density at radius 3 is 2.83 bits per heavy atom. The Morgan fingerprint density at radius 1 is 1.44 bits per heavy atom. The summed E-state index contributed by atoms with van der Waals surface area (Å²) in [7, 11) is 2.25. The van der Waals surface area contributed by atoms with Crippen molar-refractivity contribution >= 4 is 11.3 Å². The lowest BCUT2D eigenvalue weighted by atomic mass is 9.69. The number of nitrogens with zero attached hydrogens (tertiary/aromatic N) is 1. The fourth-order valence-electron chi connectivity index (χ4n) is 3.48. The van der Waals surface area contributed by atoms with Crippen molar-refractivity contribution in [1.82, 2.24) is 4.90 Å². The molecule has 0 spiro atoms. The van der Waals surface area contributed by atoms with E-state index in [1.165, 1.54) is 24.1 Å². The highest BCUT2D eigenvalue weighted by atomic mass is 32.1. The van der Waals surface area contributed by atoms with Gasteiger partial charge in [0.2, 0.25) is 0 Å². The normalized spacial score (nSPS) is 32.9. The van der Waals surface area contributed by atoms with E-state index in [9.17, 15) is 0 Å². The van der Waals surface area contributed by atoms with Crippen molar-refractivity contribution in [3.63, 3.8) is 0 Å². The van der Waals surface area contributed by atoms with E-state index in [0.717, 1.165) is 19.0 Å². The lowest BCUT2D eigenvalue weighted by Gasteiger charge is -2.50. The van der Waals surface area contributed by atoms with Gasteiger partial charge < -0.3 is 5.73 Å². The molecule has 0 bridgehead atoms. The molecule has 1 aliphatic carbocycles. The summed E-state index contributed by atoms with van der Waals surface area (Å²) in [5.41, 5.74) is 6.38. The van der Waals surface area contributed by atoms with Crippen molar-refractivity contribution in [2.24, 2.45) is 17.6 Å². The molecule has 1 heterocycles. The average molecular weight is 266 g/mol. The molecule has 3 heteroatoms. The standard InChI is InChI=1S/C15H26N2S/c1-12-6-7-13(2)15(9-12,11-16)17(3)10-14-5-4-8-18-14/h4-5,8,12-13H,6-7,9-11,16H2,1-3H3. The molecular weight excluding hydrogens is 240 g/mol. The highest BCUT2D eigenvalue weighted by molar-refractivity contribution is 7.09. The Hall–Kier alpha value is -0.380. The molecule has 2 rings (SSSR count). The monoisotopic (exact) mass is 266 g/mol. The van der Waals surface area contributed by atoms with Crippen LogP contribution in [0.1, 0.15) is 38.0 Å². The van der Waals surface area contributed by atoms with Gasteiger partial charge in [-0.15, -0.1) is 11.3 Å². The van der Waals surface area contributed by atoms with Gasteiger partial charge in [-0.25, -0.2) is 0 Å². The molecule has 1 aromatic heterocycles. The van der Waals surface area contributed by atoms with E-state index in [1.807, 2.05) is 11.3 Å². The molecule has 3 atom stereocenters. The van der Waals surface area contributed by atoms with Gasteiger partial charge in [-0.1, -0.05) is 26.3 Å². The zero-order chi connectivity index (χ0) is 13.2. The van der Waals surface area contributed by atoms with Crippen LogP contribution in [0, 0.1) is 11.8 Å². The molecule has 3 unspecified atom stereocenters. The minimum atomic E-state index is 0.196. The van der Waals surface area contributed by atoms with E-state index >= 15 is 0 Å². The van der Waals surface area contributed by atoms with E-state index in [4.69, 9.17) is 5.73 Å². The number of nitrogens with two attached hydrogens (primary N) is 1. The Bertz CT molecular complexity index is 363. The molecule has 2 nitrogen and oxygen atoms in total. The van der Waals surface area contributed by atoms with Crippen molar-refractivity contribution < 1.29 is 0 Å². The second-order valence-corrected chi connectivity index (χ2v) is 7.06. The summed E-state index contributed by atoms with van der Waals surface area (Å²) in [6, 6.07) is 4.36. The summed E-state index contributed by atoms with van der Waals surface area (Å²) >= 11 is 1.84. The first-order valence-electron chi connectivity index (χ1n) is 7.02. The zero-order valence-corrected chi connectivity index (χ0v) is 12.7. The molecule has 18 heavy (non-hydrogen) atoms. The Kier molecular flexibility index (Phi) is 4.46. The molecule has 0 radical (unpaired) electrons. The highest BCUT2D eigenvalue weighted by Gasteiger charge is 2.42. The van der Waals surface area contributed by atoms with Crippen molar-refractivity contribution in [1.29, 1.82) is 0 Å². The van der Waals surface area contributed by atoms with Crippen LogP contribution >= 0.6 is 11.3 Å². The van der Waals surface area contributed by atoms with E-state index in [-0.39, 0.29) is 5.54 Å². The quantitative estimate of drug-likeness (QED) is 0.905. The Labute approximate surface area is 115 Å². The molecule has 1 saturated carbocycles. The van der Waals surface area contributed by atoms with Crippen LogP contribution in [-0.4, -0.2) is 24.0 Å². The smallest absolute Gasteiger partial charge is 0.0360 e. The molecule has 0 aromatic carbocycles. The molecule has 0 saturated heterocycles. The van der Waals surface area contributed by atoms with Crippen LogP contribution in [0.15, 0.2) is 17.5 Å². The third-order valence-corrected chi connectivity index (χ3v) is 5.66. The van der Waals surface area contributed by atoms with Crippen LogP contribution in [0.2, 0.25) is 0 Å². The summed E-state index contributed by atoms with van der Waals surface area (Å²) in [6.45, 7) is 6.56. The van der Waals surface area contributed by atoms with Crippen LogP contribution in [0.5, 0.6) is 0 Å². The van der Waals surface area contributed by atoms with Gasteiger partial charge in [0.15, 0.2) is 0 Å². The van der Waals surface area contributed by atoms with Crippen LogP contribution in [0.4, 0.5) is 0 Å². The molecule has 1 fully saturated rings. The number of likely N-dealkylation sites (N-methyl/N-ethyl adjacent to an activating group) is 1. The second-order valence-electron chi connectivity index (χ2n) is 6.03. The minimum absolute atomic E-state index is 0.196. The topological polar surface area (TPSA) is 29.3 Å². The molecule has 2 N–H and O–H groups in total. The van der Waals surface area contributed by atoms with E-state index in [2.05, 4.69) is 43.3 Å². The molecule has 0 amide bonds. The van der Waals surface area contributed by atoms with E-state index < -0.39 is 0 Å². The van der Waals surface area contributed by atoms with Crippen LogP contribution in [-0.2, 0) is 6.54 Å². The van der Waals surface area contributed by atoms with Gasteiger partial charge in [-0.2, -0.15) is 0 Å². The summed E-state index contributed by atoms with van der Waals surface area (Å²) in [5.74, 6) is 1.50. The van der Waals surface area contributed by atoms with Crippen LogP contribution in [0.3, 0.4) is 0 Å². The number of hydrogen-bond acceptors (Lipinski definition) is 3. The van der Waals surface area contributed by atoms with Gasteiger partial charge in [0.25, 0.3) is 0 Å². The maximum absolute atomic E-state index is 6.18. The first kappa shape index (κ1) is 14.0. The minimum Gasteiger partial charge on any atom is -0.329 e. The fourth-order valence-corrected chi connectivity index (χ4v) is 4.23. The Balaban J connectivity index is 2.14. The number of rotatable bonds is 4. The molecular formula is C15H26N2S. The zero-order valence-electron chi connectivity index (χ0n) is 11.9. The largest absolute Gasteiger partial charge is 0.329 e. The van der Waals surface area contributed by atoms with Gasteiger partial charge in [-0.05, 0) is 43.2 Å². The summed E-state index contributed by atoms with van der Waals surface area (Å²) < 4.78 is 0. The van der Waals surface area contributed by atoms with Crippen molar-refractivity contribution in [2.45, 2.75) is 45.2 Å².